The molecule has 2 nitrogen and oxygen atoms in total. The molecule has 0 saturated heterocycles. The first-order chi connectivity index (χ1) is 9.71. The molecule has 1 aliphatic carbocycles. The van der Waals surface area contributed by atoms with Crippen LogP contribution in [0.1, 0.15) is 40.9 Å². The number of ketones is 1. The molecule has 0 atom stereocenters. The van der Waals surface area contributed by atoms with Crippen molar-refractivity contribution < 1.29 is 4.79 Å². The van der Waals surface area contributed by atoms with Crippen molar-refractivity contribution in [1.82, 2.24) is 4.98 Å². The number of rotatable bonds is 4. The van der Waals surface area contributed by atoms with Crippen molar-refractivity contribution in [2.24, 2.45) is 5.41 Å². The lowest BCUT2D eigenvalue weighted by molar-refractivity contribution is 0.0603. The molecular formula is C18H19NO. The zero-order valence-corrected chi connectivity index (χ0v) is 11.8. The van der Waals surface area contributed by atoms with Crippen LogP contribution in [0.25, 0.3) is 0 Å². The Balaban J connectivity index is 1.89. The Bertz CT molecular complexity index is 614. The summed E-state index contributed by atoms with van der Waals surface area (Å²) in [5, 5.41) is 0. The predicted octanol–water partition coefficient (Wildman–Crippen LogP) is 3.99. The van der Waals surface area contributed by atoms with Crippen LogP contribution in [-0.2, 0) is 6.42 Å². The van der Waals surface area contributed by atoms with Gasteiger partial charge in [0.1, 0.15) is 5.69 Å². The van der Waals surface area contributed by atoms with Gasteiger partial charge in [0.2, 0.25) is 0 Å². The van der Waals surface area contributed by atoms with Crippen molar-refractivity contribution in [3.8, 4) is 0 Å². The van der Waals surface area contributed by atoms with E-state index < -0.39 is 0 Å². The third-order valence-corrected chi connectivity index (χ3v) is 4.48. The fraction of sp³-hybridized carbons (Fsp3) is 0.333. The molecule has 20 heavy (non-hydrogen) atoms. The number of pyridine rings is 1. The van der Waals surface area contributed by atoms with Gasteiger partial charge in [-0.1, -0.05) is 36.8 Å². The smallest absolute Gasteiger partial charge is 0.187 e. The van der Waals surface area contributed by atoms with Crippen LogP contribution in [0.3, 0.4) is 0 Å². The van der Waals surface area contributed by atoms with Gasteiger partial charge in [-0.15, -0.1) is 0 Å². The first-order valence-corrected chi connectivity index (χ1v) is 7.22. The summed E-state index contributed by atoms with van der Waals surface area (Å²) in [4.78, 5) is 17.0. The summed E-state index contributed by atoms with van der Waals surface area (Å²) < 4.78 is 0. The Morgan fingerprint density at radius 1 is 1.15 bits per heavy atom. The van der Waals surface area contributed by atoms with Gasteiger partial charge in [0.15, 0.2) is 5.78 Å². The lowest BCUT2D eigenvalue weighted by Gasteiger charge is -2.40. The van der Waals surface area contributed by atoms with Crippen molar-refractivity contribution in [2.75, 3.05) is 0 Å². The summed E-state index contributed by atoms with van der Waals surface area (Å²) in [5.41, 5.74) is 2.95. The van der Waals surface area contributed by atoms with E-state index in [0.29, 0.717) is 5.69 Å². The summed E-state index contributed by atoms with van der Waals surface area (Å²) in [5.74, 6) is 0.215. The number of nitrogens with zero attached hydrogens (tertiary/aromatic N) is 1. The number of carbonyl (C=O) groups is 1. The number of aryl methyl sites for hydroxylation is 1. The van der Waals surface area contributed by atoms with Crippen molar-refractivity contribution in [1.29, 1.82) is 0 Å². The Morgan fingerprint density at radius 3 is 2.50 bits per heavy atom. The highest BCUT2D eigenvalue weighted by molar-refractivity contribution is 5.99. The molecule has 102 valence electrons. The van der Waals surface area contributed by atoms with Crippen LogP contribution in [0.2, 0.25) is 0 Å². The maximum Gasteiger partial charge on any atom is 0.187 e. The quantitative estimate of drug-likeness (QED) is 0.782. The van der Waals surface area contributed by atoms with Crippen LogP contribution < -0.4 is 0 Å². The van der Waals surface area contributed by atoms with Gasteiger partial charge in [-0.3, -0.25) is 9.78 Å². The van der Waals surface area contributed by atoms with E-state index in [4.69, 9.17) is 0 Å². The lowest BCUT2D eigenvalue weighted by atomic mass is 9.62. The fourth-order valence-electron chi connectivity index (χ4n) is 3.03. The average molecular weight is 265 g/mol. The van der Waals surface area contributed by atoms with E-state index in [1.807, 2.05) is 24.3 Å². The van der Waals surface area contributed by atoms with E-state index in [-0.39, 0.29) is 11.2 Å². The van der Waals surface area contributed by atoms with E-state index in [1.165, 1.54) is 11.1 Å². The van der Waals surface area contributed by atoms with E-state index in [9.17, 15) is 4.79 Å². The third-order valence-electron chi connectivity index (χ3n) is 4.48. The van der Waals surface area contributed by atoms with Crippen LogP contribution in [0.4, 0.5) is 0 Å². The van der Waals surface area contributed by atoms with Gasteiger partial charge in [0.25, 0.3) is 0 Å². The normalized spacial score (nSPS) is 16.4. The average Bonchev–Trinajstić information content (AvgIpc) is 2.45. The number of aromatic nitrogens is 1. The molecule has 2 heteroatoms. The second-order valence-electron chi connectivity index (χ2n) is 5.78. The molecule has 1 fully saturated rings. The second-order valence-corrected chi connectivity index (χ2v) is 5.78. The summed E-state index contributed by atoms with van der Waals surface area (Å²) in [7, 11) is 0. The van der Waals surface area contributed by atoms with Crippen molar-refractivity contribution >= 4 is 5.78 Å². The zero-order chi connectivity index (χ0) is 14.0. The molecule has 1 aliphatic rings. The summed E-state index contributed by atoms with van der Waals surface area (Å²) in [6.45, 7) is 2.12. The van der Waals surface area contributed by atoms with Crippen molar-refractivity contribution in [3.63, 3.8) is 0 Å². The predicted molar refractivity (Wildman–Crippen MR) is 79.7 cm³/mol. The van der Waals surface area contributed by atoms with Crippen molar-refractivity contribution in [2.45, 2.75) is 32.6 Å². The van der Waals surface area contributed by atoms with Crippen LogP contribution in [-0.4, -0.2) is 10.8 Å². The minimum atomic E-state index is -0.222. The van der Waals surface area contributed by atoms with E-state index >= 15 is 0 Å². The van der Waals surface area contributed by atoms with Crippen LogP contribution in [0.5, 0.6) is 0 Å². The molecule has 0 amide bonds. The molecule has 2 aromatic rings. The fourth-order valence-corrected chi connectivity index (χ4v) is 3.03. The Morgan fingerprint density at radius 2 is 1.90 bits per heavy atom. The lowest BCUT2D eigenvalue weighted by Crippen LogP contribution is -2.40. The summed E-state index contributed by atoms with van der Waals surface area (Å²) >= 11 is 0. The molecule has 1 aromatic carbocycles. The largest absolute Gasteiger partial charge is 0.292 e. The number of carbonyl (C=O) groups excluding carboxylic acids is 1. The topological polar surface area (TPSA) is 30.0 Å². The highest BCUT2D eigenvalue weighted by atomic mass is 16.1. The molecule has 0 spiro atoms. The molecule has 3 rings (SSSR count). The number of benzene rings is 1. The molecule has 0 unspecified atom stereocenters. The SMILES string of the molecule is Cc1ccccc1CC1(C(=O)c2ccccn2)CCC1. The van der Waals surface area contributed by atoms with Gasteiger partial charge in [0, 0.05) is 11.6 Å². The van der Waals surface area contributed by atoms with Gasteiger partial charge in [-0.25, -0.2) is 0 Å². The highest BCUT2D eigenvalue weighted by Crippen LogP contribution is 2.46. The minimum Gasteiger partial charge on any atom is -0.292 e. The first-order valence-electron chi connectivity index (χ1n) is 7.22. The molecule has 1 heterocycles. The van der Waals surface area contributed by atoms with Crippen LogP contribution in [0, 0.1) is 12.3 Å². The molecular weight excluding hydrogens is 246 g/mol. The van der Waals surface area contributed by atoms with E-state index in [0.717, 1.165) is 25.7 Å². The van der Waals surface area contributed by atoms with Crippen molar-refractivity contribution in [3.05, 3.63) is 65.5 Å². The van der Waals surface area contributed by atoms with Gasteiger partial charge in [-0.2, -0.15) is 0 Å². The molecule has 0 aliphatic heterocycles. The molecule has 0 N–H and O–H groups in total. The van der Waals surface area contributed by atoms with Crippen LogP contribution in [0.15, 0.2) is 48.7 Å². The second kappa shape index (κ2) is 5.20. The van der Waals surface area contributed by atoms with Crippen LogP contribution >= 0.6 is 0 Å². The number of Topliss-reactive ketones (excluding diaryl/α,β-unsaturated/α-hetero) is 1. The summed E-state index contributed by atoms with van der Waals surface area (Å²) in [6.07, 6.45) is 5.65. The van der Waals surface area contributed by atoms with Gasteiger partial charge >= 0.3 is 0 Å². The van der Waals surface area contributed by atoms with Gasteiger partial charge < -0.3 is 0 Å². The maximum absolute atomic E-state index is 12.8. The monoisotopic (exact) mass is 265 g/mol. The standard InChI is InChI=1S/C18H19NO/c1-14-7-2-3-8-15(14)13-18(10-6-11-18)17(20)16-9-4-5-12-19-16/h2-5,7-9,12H,6,10-11,13H2,1H3. The molecule has 0 radical (unpaired) electrons. The number of hydrogen-bond donors (Lipinski definition) is 0. The van der Waals surface area contributed by atoms with Gasteiger partial charge in [-0.05, 0) is 49.4 Å². The maximum atomic E-state index is 12.8. The first kappa shape index (κ1) is 13.0. The molecule has 0 bridgehead atoms. The molecule has 1 aromatic heterocycles. The van der Waals surface area contributed by atoms with Gasteiger partial charge in [0.05, 0.1) is 0 Å². The number of hydrogen-bond acceptors (Lipinski definition) is 2. The Labute approximate surface area is 119 Å². The zero-order valence-electron chi connectivity index (χ0n) is 11.8. The Kier molecular flexibility index (Phi) is 3.39. The Hall–Kier alpha value is -1.96. The molecule has 1 saturated carbocycles. The third kappa shape index (κ3) is 2.26. The summed E-state index contributed by atoms with van der Waals surface area (Å²) in [6, 6.07) is 13.9. The minimum absolute atomic E-state index is 0.215. The van der Waals surface area contributed by atoms with E-state index in [2.05, 4.69) is 30.1 Å². The van der Waals surface area contributed by atoms with E-state index in [1.54, 1.807) is 6.20 Å². The highest BCUT2D eigenvalue weighted by Gasteiger charge is 2.44.